The second-order valence-corrected chi connectivity index (χ2v) is 6.42. The van der Waals surface area contributed by atoms with E-state index >= 15 is 0 Å². The molecular weight excluding hydrogens is 316 g/mol. The third-order valence-corrected chi connectivity index (χ3v) is 5.22. The fraction of sp³-hybridized carbons (Fsp3) is 0.471. The van der Waals surface area contributed by atoms with E-state index in [-0.39, 0.29) is 11.5 Å². The normalized spacial score (nSPS) is 32.3. The summed E-state index contributed by atoms with van der Waals surface area (Å²) in [6.45, 7) is 0. The largest absolute Gasteiger partial charge is 0.481 e. The van der Waals surface area contributed by atoms with Crippen LogP contribution in [0.1, 0.15) is 30.9 Å². The molecule has 0 spiro atoms. The van der Waals surface area contributed by atoms with Crippen molar-refractivity contribution in [2.75, 3.05) is 0 Å². The summed E-state index contributed by atoms with van der Waals surface area (Å²) in [6, 6.07) is 7.97. The molecule has 0 unspecified atom stereocenters. The molecule has 128 valence electrons. The molecular formula is C17H18O7. The maximum atomic E-state index is 12.3. The number of aliphatic hydroxyl groups is 1. The molecule has 2 aliphatic carbocycles. The van der Waals surface area contributed by atoms with E-state index in [2.05, 4.69) is 0 Å². The first-order valence-corrected chi connectivity index (χ1v) is 7.80. The highest BCUT2D eigenvalue weighted by atomic mass is 16.6. The Morgan fingerprint density at radius 1 is 1.12 bits per heavy atom. The van der Waals surface area contributed by atoms with E-state index in [4.69, 9.17) is 4.74 Å². The van der Waals surface area contributed by atoms with E-state index < -0.39 is 41.4 Å². The lowest BCUT2D eigenvalue weighted by atomic mass is 9.75. The maximum absolute atomic E-state index is 12.3. The van der Waals surface area contributed by atoms with Crippen LogP contribution < -0.4 is 0 Å². The molecule has 24 heavy (non-hydrogen) atoms. The molecule has 3 N–H and O–H groups in total. The van der Waals surface area contributed by atoms with Crippen LogP contribution in [0.2, 0.25) is 0 Å². The lowest BCUT2D eigenvalue weighted by molar-refractivity contribution is -0.202. The summed E-state index contributed by atoms with van der Waals surface area (Å²) in [7, 11) is 0. The number of carboxylic acids is 2. The Morgan fingerprint density at radius 2 is 1.79 bits per heavy atom. The quantitative estimate of drug-likeness (QED) is 0.692. The van der Waals surface area contributed by atoms with Gasteiger partial charge >= 0.3 is 17.9 Å². The van der Waals surface area contributed by atoms with Gasteiger partial charge in [0, 0.05) is 5.92 Å². The third kappa shape index (κ3) is 2.36. The monoisotopic (exact) mass is 334 g/mol. The van der Waals surface area contributed by atoms with Gasteiger partial charge in [-0.1, -0.05) is 30.3 Å². The van der Waals surface area contributed by atoms with Crippen LogP contribution in [0, 0.1) is 17.8 Å². The van der Waals surface area contributed by atoms with Crippen LogP contribution in [0.5, 0.6) is 0 Å². The summed E-state index contributed by atoms with van der Waals surface area (Å²) in [6.07, 6.45) is -0.154. The number of fused-ring (bicyclic) bond motifs is 2. The zero-order valence-corrected chi connectivity index (χ0v) is 12.8. The van der Waals surface area contributed by atoms with Gasteiger partial charge in [-0.3, -0.25) is 4.79 Å². The second kappa shape index (κ2) is 5.90. The Labute approximate surface area is 137 Å². The minimum Gasteiger partial charge on any atom is -0.481 e. The summed E-state index contributed by atoms with van der Waals surface area (Å²) in [5.41, 5.74) is -1.85. The zero-order chi connectivity index (χ0) is 17.5. The number of aliphatic hydroxyl groups excluding tert-OH is 1. The topological polar surface area (TPSA) is 121 Å². The Kier molecular flexibility index (Phi) is 4.04. The van der Waals surface area contributed by atoms with Gasteiger partial charge in [0.05, 0.1) is 0 Å². The molecule has 2 fully saturated rings. The van der Waals surface area contributed by atoms with Gasteiger partial charge in [-0.2, -0.15) is 0 Å². The smallest absolute Gasteiger partial charge is 0.349 e. The van der Waals surface area contributed by atoms with Gasteiger partial charge in [-0.25, -0.2) is 9.59 Å². The maximum Gasteiger partial charge on any atom is 0.349 e. The van der Waals surface area contributed by atoms with Gasteiger partial charge in [0.2, 0.25) is 5.60 Å². The van der Waals surface area contributed by atoms with Gasteiger partial charge in [0.1, 0.15) is 5.92 Å². The highest BCUT2D eigenvalue weighted by Crippen LogP contribution is 2.57. The molecule has 0 aliphatic heterocycles. The average Bonchev–Trinajstić information content (AvgIpc) is 3.14. The van der Waals surface area contributed by atoms with E-state index in [1.165, 1.54) is 12.1 Å². The summed E-state index contributed by atoms with van der Waals surface area (Å²) in [4.78, 5) is 35.8. The van der Waals surface area contributed by atoms with Crippen LogP contribution in [0.4, 0.5) is 0 Å². The first kappa shape index (κ1) is 16.4. The molecule has 3 rings (SSSR count). The number of rotatable bonds is 5. The minimum absolute atomic E-state index is 0.262. The number of ether oxygens (including phenoxy) is 1. The SMILES string of the molecule is O=C(O[C@]1(C(=O)O)[C@@H]2CC[C@@H](C2)[C@@H]1C(=O)O)[C@@H](O)c1ccccc1. The van der Waals surface area contributed by atoms with Gasteiger partial charge in [-0.05, 0) is 30.7 Å². The highest BCUT2D eigenvalue weighted by molar-refractivity contribution is 5.91. The van der Waals surface area contributed by atoms with Crippen molar-refractivity contribution >= 4 is 17.9 Å². The zero-order valence-electron chi connectivity index (χ0n) is 12.8. The molecule has 5 atom stereocenters. The molecule has 1 aromatic carbocycles. The van der Waals surface area contributed by atoms with Crippen molar-refractivity contribution in [3.63, 3.8) is 0 Å². The van der Waals surface area contributed by atoms with Gasteiger partial charge in [0.15, 0.2) is 6.10 Å². The highest BCUT2D eigenvalue weighted by Gasteiger charge is 2.68. The van der Waals surface area contributed by atoms with E-state index in [9.17, 15) is 29.7 Å². The van der Waals surface area contributed by atoms with Crippen molar-refractivity contribution in [1.82, 2.24) is 0 Å². The molecule has 2 aliphatic rings. The van der Waals surface area contributed by atoms with Crippen LogP contribution in [0.25, 0.3) is 0 Å². The molecule has 7 heteroatoms. The van der Waals surface area contributed by atoms with Crippen LogP contribution in [-0.2, 0) is 19.1 Å². The molecule has 7 nitrogen and oxygen atoms in total. The third-order valence-electron chi connectivity index (χ3n) is 5.22. The predicted octanol–water partition coefficient (Wildman–Crippen LogP) is 1.22. The van der Waals surface area contributed by atoms with E-state index in [1.54, 1.807) is 18.2 Å². The first-order valence-electron chi connectivity index (χ1n) is 7.80. The number of carboxylic acid groups (broad SMARTS) is 2. The Balaban J connectivity index is 1.91. The number of aliphatic carboxylic acids is 2. The fourth-order valence-electron chi connectivity index (χ4n) is 4.19. The molecule has 0 amide bonds. The molecule has 1 aromatic rings. The van der Waals surface area contributed by atoms with E-state index in [0.717, 1.165) is 0 Å². The number of benzene rings is 1. The summed E-state index contributed by atoms with van der Waals surface area (Å²) >= 11 is 0. The molecule has 0 aromatic heterocycles. The van der Waals surface area contributed by atoms with Crippen molar-refractivity contribution < 1.29 is 34.4 Å². The van der Waals surface area contributed by atoms with Crippen molar-refractivity contribution in [2.45, 2.75) is 31.0 Å². The van der Waals surface area contributed by atoms with Crippen molar-refractivity contribution in [2.24, 2.45) is 17.8 Å². The number of carbonyl (C=O) groups is 3. The molecule has 0 radical (unpaired) electrons. The van der Waals surface area contributed by atoms with Crippen LogP contribution >= 0.6 is 0 Å². The number of esters is 1. The lowest BCUT2D eigenvalue weighted by Gasteiger charge is -2.37. The Hall–Kier alpha value is -2.41. The summed E-state index contributed by atoms with van der Waals surface area (Å²) in [5.74, 6) is -6.05. The summed E-state index contributed by atoms with van der Waals surface area (Å²) < 4.78 is 5.22. The Morgan fingerprint density at radius 3 is 2.38 bits per heavy atom. The predicted molar refractivity (Wildman–Crippen MR) is 79.8 cm³/mol. The van der Waals surface area contributed by atoms with E-state index in [0.29, 0.717) is 19.3 Å². The summed E-state index contributed by atoms with van der Waals surface area (Å²) in [5, 5.41) is 29.3. The fourth-order valence-corrected chi connectivity index (χ4v) is 4.19. The minimum atomic E-state index is -2.11. The molecule has 0 saturated heterocycles. The van der Waals surface area contributed by atoms with Crippen LogP contribution in [0.3, 0.4) is 0 Å². The van der Waals surface area contributed by atoms with Gasteiger partial charge in [-0.15, -0.1) is 0 Å². The molecule has 0 heterocycles. The standard InChI is InChI=1S/C17H18O7/c18-13(9-4-2-1-3-5-9)15(21)24-17(16(22)23)11-7-6-10(8-11)12(17)14(19)20/h1-5,10-13,18H,6-8H2,(H,19,20)(H,22,23)/t10-,11+,12+,13-,17+/m0/s1. The van der Waals surface area contributed by atoms with Crippen LogP contribution in [0.15, 0.2) is 30.3 Å². The molecule has 2 bridgehead atoms. The van der Waals surface area contributed by atoms with Crippen molar-refractivity contribution in [3.05, 3.63) is 35.9 Å². The lowest BCUT2D eigenvalue weighted by Crippen LogP contribution is -2.56. The second-order valence-electron chi connectivity index (χ2n) is 6.42. The average molecular weight is 334 g/mol. The Bertz CT molecular complexity index is 671. The van der Waals surface area contributed by atoms with Crippen molar-refractivity contribution in [3.8, 4) is 0 Å². The van der Waals surface area contributed by atoms with E-state index in [1.807, 2.05) is 0 Å². The van der Waals surface area contributed by atoms with Gasteiger partial charge in [0.25, 0.3) is 0 Å². The number of hydrogen-bond donors (Lipinski definition) is 3. The van der Waals surface area contributed by atoms with Crippen molar-refractivity contribution in [1.29, 1.82) is 0 Å². The number of hydrogen-bond acceptors (Lipinski definition) is 5. The number of carbonyl (C=O) groups excluding carboxylic acids is 1. The van der Waals surface area contributed by atoms with Crippen LogP contribution in [-0.4, -0.2) is 38.8 Å². The molecule has 2 saturated carbocycles. The first-order chi connectivity index (χ1) is 11.4. The van der Waals surface area contributed by atoms with Gasteiger partial charge < -0.3 is 20.1 Å².